The molecule has 3 N–H and O–H groups in total. The summed E-state index contributed by atoms with van der Waals surface area (Å²) in [5.41, 5.74) is 1.90. The molecule has 2 aromatic heterocycles. The monoisotopic (exact) mass is 441 g/mol. The number of imidazole rings is 1. The van der Waals surface area contributed by atoms with E-state index in [0.29, 0.717) is 27.9 Å². The molecule has 0 aliphatic rings. The summed E-state index contributed by atoms with van der Waals surface area (Å²) >= 11 is 12.0. The lowest BCUT2D eigenvalue weighted by molar-refractivity contribution is 0.627. The van der Waals surface area contributed by atoms with E-state index in [1.165, 1.54) is 24.6 Å². The number of hydrogen-bond donors (Lipinski definition) is 3. The van der Waals surface area contributed by atoms with Crippen LogP contribution in [0.1, 0.15) is 28.7 Å². The Hall–Kier alpha value is -2.16. The highest BCUT2D eigenvalue weighted by atomic mass is 35.5. The molecule has 0 spiro atoms. The van der Waals surface area contributed by atoms with Gasteiger partial charge in [-0.25, -0.2) is 23.3 Å². The van der Waals surface area contributed by atoms with E-state index in [1.807, 2.05) is 6.92 Å². The van der Waals surface area contributed by atoms with Gasteiger partial charge in [-0.1, -0.05) is 29.3 Å². The number of nitrogens with one attached hydrogen (secondary N) is 3. The fourth-order valence-electron chi connectivity index (χ4n) is 2.75. The number of aromatic amines is 1. The van der Waals surface area contributed by atoms with Crippen LogP contribution in [0.4, 0.5) is 10.2 Å². The minimum absolute atomic E-state index is 0.0344. The van der Waals surface area contributed by atoms with Crippen molar-refractivity contribution in [2.24, 2.45) is 0 Å². The highest BCUT2D eigenvalue weighted by Crippen LogP contribution is 2.30. The average Bonchev–Trinajstić information content (AvgIpc) is 3.00. The fraction of sp³-hybridized carbons (Fsp3) is 0.222. The first-order chi connectivity index (χ1) is 13.1. The summed E-state index contributed by atoms with van der Waals surface area (Å²) in [7, 11) is -2.99. The molecule has 3 rings (SSSR count). The van der Waals surface area contributed by atoms with E-state index in [2.05, 4.69) is 20.3 Å². The third kappa shape index (κ3) is 4.29. The van der Waals surface area contributed by atoms with E-state index in [0.717, 1.165) is 5.56 Å². The molecule has 1 aromatic carbocycles. The first-order valence-electron chi connectivity index (χ1n) is 8.20. The number of aryl methyl sites for hydroxylation is 2. The van der Waals surface area contributed by atoms with Crippen molar-refractivity contribution in [3.63, 3.8) is 0 Å². The number of hydrogen-bond acceptors (Lipinski definition) is 5. The molecule has 10 heteroatoms. The molecule has 0 aliphatic heterocycles. The molecular formula is C18H18Cl2FN5OS. The Morgan fingerprint density at radius 2 is 1.96 bits per heavy atom. The molecule has 0 saturated heterocycles. The molecule has 0 saturated carbocycles. The summed E-state index contributed by atoms with van der Waals surface area (Å²) in [5, 5.41) is 3.95. The Balaban J connectivity index is 2.11. The van der Waals surface area contributed by atoms with E-state index >= 15 is 0 Å². The van der Waals surface area contributed by atoms with Gasteiger partial charge in [0.25, 0.3) is 0 Å². The van der Waals surface area contributed by atoms with Crippen molar-refractivity contribution in [3.05, 3.63) is 69.0 Å². The molecule has 6 nitrogen and oxygen atoms in total. The van der Waals surface area contributed by atoms with Gasteiger partial charge in [-0.2, -0.15) is 0 Å². The standard InChI is InChI=1S/C18H18Cl2FN5OS/c1-9-6-15(23-8-13(9)20)25-16(11-4-5-14(21)12(19)7-11)17-24-10(2)18(26-17)28(3,22)27/h4-8,16,22H,1-3H3,(H,23,25)(H,24,26). The second kappa shape index (κ2) is 7.69. The highest BCUT2D eigenvalue weighted by molar-refractivity contribution is 7.91. The topological polar surface area (TPSA) is 94.5 Å². The van der Waals surface area contributed by atoms with Crippen molar-refractivity contribution in [2.75, 3.05) is 11.6 Å². The third-order valence-corrected chi connectivity index (χ3v) is 6.00. The molecule has 28 heavy (non-hydrogen) atoms. The molecule has 0 aliphatic carbocycles. The predicted molar refractivity (Wildman–Crippen MR) is 109 cm³/mol. The van der Waals surface area contributed by atoms with Crippen LogP contribution in [0.25, 0.3) is 0 Å². The maximum Gasteiger partial charge on any atom is 0.141 e. The van der Waals surface area contributed by atoms with E-state index < -0.39 is 21.6 Å². The number of benzene rings is 1. The first kappa shape index (κ1) is 20.6. The summed E-state index contributed by atoms with van der Waals surface area (Å²) in [6.45, 7) is 3.52. The van der Waals surface area contributed by atoms with Crippen LogP contribution in [0, 0.1) is 24.4 Å². The molecule has 0 bridgehead atoms. The highest BCUT2D eigenvalue weighted by Gasteiger charge is 2.23. The van der Waals surface area contributed by atoms with Crippen molar-refractivity contribution in [2.45, 2.75) is 24.9 Å². The summed E-state index contributed by atoms with van der Waals surface area (Å²) in [6, 6.07) is 5.49. The molecule has 148 valence electrons. The van der Waals surface area contributed by atoms with Crippen LogP contribution < -0.4 is 5.32 Å². The lowest BCUT2D eigenvalue weighted by Gasteiger charge is -2.19. The van der Waals surface area contributed by atoms with Crippen LogP contribution in [0.15, 0.2) is 35.5 Å². The van der Waals surface area contributed by atoms with E-state index in [4.69, 9.17) is 28.0 Å². The summed E-state index contributed by atoms with van der Waals surface area (Å²) in [5.74, 6) is 0.390. The van der Waals surface area contributed by atoms with Gasteiger partial charge >= 0.3 is 0 Å². The van der Waals surface area contributed by atoms with Gasteiger partial charge in [0.15, 0.2) is 0 Å². The maximum atomic E-state index is 13.6. The number of nitrogens with zero attached hydrogens (tertiary/aromatic N) is 2. The van der Waals surface area contributed by atoms with Crippen LogP contribution >= 0.6 is 23.2 Å². The molecule has 0 radical (unpaired) electrons. The summed E-state index contributed by atoms with van der Waals surface area (Å²) < 4.78 is 33.7. The van der Waals surface area contributed by atoms with Gasteiger partial charge in [-0.05, 0) is 43.2 Å². The number of aromatic nitrogens is 3. The van der Waals surface area contributed by atoms with Crippen LogP contribution in [0.2, 0.25) is 10.0 Å². The normalized spacial score (nSPS) is 14.5. The van der Waals surface area contributed by atoms with Gasteiger partial charge in [0.2, 0.25) is 0 Å². The number of pyridine rings is 1. The molecule has 2 unspecified atom stereocenters. The zero-order valence-electron chi connectivity index (χ0n) is 15.3. The molecule has 0 fully saturated rings. The van der Waals surface area contributed by atoms with Crippen LogP contribution in [-0.4, -0.2) is 25.4 Å². The quantitative estimate of drug-likeness (QED) is 0.512. The summed E-state index contributed by atoms with van der Waals surface area (Å²) in [4.78, 5) is 11.7. The van der Waals surface area contributed by atoms with E-state index in [9.17, 15) is 8.60 Å². The van der Waals surface area contributed by atoms with Gasteiger partial charge in [-0.3, -0.25) is 0 Å². The van der Waals surface area contributed by atoms with Gasteiger partial charge in [0.1, 0.15) is 28.5 Å². The Morgan fingerprint density at radius 3 is 2.54 bits per heavy atom. The van der Waals surface area contributed by atoms with Gasteiger partial charge in [0, 0.05) is 12.5 Å². The smallest absolute Gasteiger partial charge is 0.141 e. The molecular weight excluding hydrogens is 424 g/mol. The largest absolute Gasteiger partial charge is 0.356 e. The minimum Gasteiger partial charge on any atom is -0.356 e. The molecule has 2 atom stereocenters. The second-order valence-electron chi connectivity index (χ2n) is 6.45. The lowest BCUT2D eigenvalue weighted by atomic mass is 10.1. The number of rotatable bonds is 5. The molecule has 2 heterocycles. The van der Waals surface area contributed by atoms with Crippen LogP contribution in [0.5, 0.6) is 0 Å². The van der Waals surface area contributed by atoms with Crippen molar-refractivity contribution in [3.8, 4) is 0 Å². The number of halogens is 3. The number of H-pyrrole nitrogens is 1. The number of anilines is 1. The molecule has 3 aromatic rings. The van der Waals surface area contributed by atoms with Gasteiger partial charge < -0.3 is 10.3 Å². The van der Waals surface area contributed by atoms with Crippen molar-refractivity contribution >= 4 is 38.7 Å². The van der Waals surface area contributed by atoms with Crippen molar-refractivity contribution in [1.82, 2.24) is 15.0 Å². The molecule has 0 amide bonds. The Morgan fingerprint density at radius 1 is 1.25 bits per heavy atom. The van der Waals surface area contributed by atoms with Gasteiger partial charge in [-0.15, -0.1) is 0 Å². The van der Waals surface area contributed by atoms with Crippen molar-refractivity contribution in [1.29, 1.82) is 4.78 Å². The maximum absolute atomic E-state index is 13.6. The van der Waals surface area contributed by atoms with Gasteiger partial charge in [0.05, 0.1) is 25.5 Å². The van der Waals surface area contributed by atoms with Crippen LogP contribution in [-0.2, 0) is 9.73 Å². The van der Waals surface area contributed by atoms with Crippen molar-refractivity contribution < 1.29 is 8.60 Å². The lowest BCUT2D eigenvalue weighted by Crippen LogP contribution is -2.15. The average molecular weight is 442 g/mol. The summed E-state index contributed by atoms with van der Waals surface area (Å²) in [6.07, 6.45) is 2.84. The SMILES string of the molecule is Cc1cc(NC(c2ccc(F)c(Cl)c2)c2nc(C)c(S(C)(=N)=O)[nH]2)ncc1Cl. The minimum atomic E-state index is -2.99. The fourth-order valence-corrected chi connectivity index (χ4v) is 3.95. The third-order valence-electron chi connectivity index (χ3n) is 4.14. The second-order valence-corrected chi connectivity index (χ2v) is 9.36. The predicted octanol–water partition coefficient (Wildman–Crippen LogP) is 5.10. The zero-order valence-corrected chi connectivity index (χ0v) is 17.6. The van der Waals surface area contributed by atoms with E-state index in [-0.39, 0.29) is 10.0 Å². The van der Waals surface area contributed by atoms with E-state index in [1.54, 1.807) is 19.1 Å². The Bertz CT molecular complexity index is 1150. The Labute approximate surface area is 172 Å². The van der Waals surface area contributed by atoms with Crippen LogP contribution in [0.3, 0.4) is 0 Å². The Kier molecular flexibility index (Phi) is 5.65. The first-order valence-corrected chi connectivity index (χ1v) is 10.9. The zero-order chi connectivity index (χ0) is 20.6.